The highest BCUT2D eigenvalue weighted by atomic mass is 16.2. The van der Waals surface area contributed by atoms with Gasteiger partial charge in [-0.25, -0.2) is 4.79 Å². The van der Waals surface area contributed by atoms with Gasteiger partial charge in [-0.1, -0.05) is 0 Å². The monoisotopic (exact) mass is 219 g/mol. The molecule has 1 aromatic heterocycles. The van der Waals surface area contributed by atoms with Crippen LogP contribution < -0.4 is 0 Å². The van der Waals surface area contributed by atoms with Gasteiger partial charge in [0.15, 0.2) is 0 Å². The summed E-state index contributed by atoms with van der Waals surface area (Å²) in [7, 11) is 1.86. The first-order valence-corrected chi connectivity index (χ1v) is 5.54. The fraction of sp³-hybridized carbons (Fsp3) is 0.500. The number of aromatic nitrogens is 1. The average molecular weight is 219 g/mol. The Morgan fingerprint density at radius 2 is 2.00 bits per heavy atom. The maximum atomic E-state index is 12.0. The zero-order valence-corrected chi connectivity index (χ0v) is 9.92. The summed E-state index contributed by atoms with van der Waals surface area (Å²) in [5.74, 6) is 0. The van der Waals surface area contributed by atoms with Crippen molar-refractivity contribution in [2.75, 3.05) is 13.6 Å². The lowest BCUT2D eigenvalue weighted by Crippen LogP contribution is -2.34. The normalized spacial score (nSPS) is 21.0. The van der Waals surface area contributed by atoms with Crippen LogP contribution in [0, 0.1) is 0 Å². The van der Waals surface area contributed by atoms with Gasteiger partial charge >= 0.3 is 6.03 Å². The lowest BCUT2D eigenvalue weighted by Gasteiger charge is -2.19. The number of hydrogen-bond donors (Lipinski definition) is 0. The zero-order chi connectivity index (χ0) is 11.7. The molecule has 2 rings (SSSR count). The number of likely N-dealkylation sites (N-methyl/N-ethyl adjacent to an activating group) is 1. The lowest BCUT2D eigenvalue weighted by atomic mass is 10.1. The summed E-state index contributed by atoms with van der Waals surface area (Å²) in [6, 6.07) is 4.45. The molecule has 4 heteroatoms. The predicted molar refractivity (Wildman–Crippen MR) is 62.0 cm³/mol. The molecule has 1 aromatic rings. The van der Waals surface area contributed by atoms with Gasteiger partial charge in [-0.05, 0) is 31.5 Å². The van der Waals surface area contributed by atoms with E-state index >= 15 is 0 Å². The molecule has 1 saturated heterocycles. The van der Waals surface area contributed by atoms with Gasteiger partial charge in [0.05, 0.1) is 6.04 Å². The highest BCUT2D eigenvalue weighted by Crippen LogP contribution is 2.28. The van der Waals surface area contributed by atoms with Gasteiger partial charge in [0.2, 0.25) is 0 Å². The first-order valence-electron chi connectivity index (χ1n) is 5.54. The van der Waals surface area contributed by atoms with E-state index in [1.165, 1.54) is 0 Å². The Bertz CT molecular complexity index is 377. The Hall–Kier alpha value is -1.58. The van der Waals surface area contributed by atoms with Crippen molar-refractivity contribution >= 4 is 6.03 Å². The Morgan fingerprint density at radius 1 is 1.38 bits per heavy atom. The van der Waals surface area contributed by atoms with Crippen LogP contribution >= 0.6 is 0 Å². The van der Waals surface area contributed by atoms with Crippen LogP contribution in [0.15, 0.2) is 24.5 Å². The van der Waals surface area contributed by atoms with Crippen molar-refractivity contribution in [3.05, 3.63) is 30.1 Å². The van der Waals surface area contributed by atoms with Crippen LogP contribution in [0.1, 0.15) is 25.5 Å². The van der Waals surface area contributed by atoms with Gasteiger partial charge in [-0.3, -0.25) is 4.98 Å². The van der Waals surface area contributed by atoms with E-state index in [0.29, 0.717) is 0 Å². The molecule has 0 aliphatic carbocycles. The summed E-state index contributed by atoms with van der Waals surface area (Å²) in [6.07, 6.45) is 3.54. The minimum Gasteiger partial charge on any atom is -0.320 e. The molecule has 86 valence electrons. The van der Waals surface area contributed by atoms with Crippen LogP contribution in [0.4, 0.5) is 4.79 Å². The van der Waals surface area contributed by atoms with Crippen molar-refractivity contribution in [1.29, 1.82) is 0 Å². The fourth-order valence-electron chi connectivity index (χ4n) is 2.07. The van der Waals surface area contributed by atoms with Crippen LogP contribution in [0.25, 0.3) is 0 Å². The van der Waals surface area contributed by atoms with Crippen molar-refractivity contribution in [3.8, 4) is 0 Å². The minimum atomic E-state index is 0.108. The maximum absolute atomic E-state index is 12.0. The van der Waals surface area contributed by atoms with E-state index in [0.717, 1.165) is 12.1 Å². The van der Waals surface area contributed by atoms with Crippen LogP contribution in [0.3, 0.4) is 0 Å². The summed E-state index contributed by atoms with van der Waals surface area (Å²) in [6.45, 7) is 4.85. The van der Waals surface area contributed by atoms with E-state index in [1.54, 1.807) is 17.3 Å². The van der Waals surface area contributed by atoms with Crippen molar-refractivity contribution in [1.82, 2.24) is 14.8 Å². The molecule has 16 heavy (non-hydrogen) atoms. The molecular formula is C12H17N3O. The molecule has 1 unspecified atom stereocenters. The van der Waals surface area contributed by atoms with Crippen LogP contribution in [-0.2, 0) is 0 Å². The van der Waals surface area contributed by atoms with Crippen molar-refractivity contribution < 1.29 is 4.79 Å². The third kappa shape index (κ3) is 1.75. The molecule has 0 saturated carbocycles. The summed E-state index contributed by atoms with van der Waals surface area (Å²) in [4.78, 5) is 19.7. The molecule has 0 aromatic carbocycles. The number of nitrogens with zero attached hydrogens (tertiary/aromatic N) is 3. The van der Waals surface area contributed by atoms with Crippen LogP contribution in [0.5, 0.6) is 0 Å². The number of carbonyl (C=O) groups excluding carboxylic acids is 1. The molecule has 2 heterocycles. The number of urea groups is 1. The predicted octanol–water partition coefficient (Wildman–Crippen LogP) is 1.90. The maximum Gasteiger partial charge on any atom is 0.320 e. The van der Waals surface area contributed by atoms with E-state index in [-0.39, 0.29) is 18.1 Å². The minimum absolute atomic E-state index is 0.108. The van der Waals surface area contributed by atoms with Crippen LogP contribution in [-0.4, -0.2) is 40.4 Å². The first kappa shape index (κ1) is 10.9. The van der Waals surface area contributed by atoms with E-state index in [4.69, 9.17) is 0 Å². The molecule has 0 radical (unpaired) electrons. The summed E-state index contributed by atoms with van der Waals surface area (Å²) in [5, 5.41) is 0. The Morgan fingerprint density at radius 3 is 2.50 bits per heavy atom. The summed E-state index contributed by atoms with van der Waals surface area (Å²) in [5.41, 5.74) is 1.15. The van der Waals surface area contributed by atoms with Gasteiger partial charge in [0.25, 0.3) is 0 Å². The number of rotatable bonds is 2. The van der Waals surface area contributed by atoms with Crippen molar-refractivity contribution in [2.24, 2.45) is 0 Å². The number of amides is 2. The van der Waals surface area contributed by atoms with Gasteiger partial charge < -0.3 is 9.80 Å². The Kier molecular flexibility index (Phi) is 2.81. The topological polar surface area (TPSA) is 36.4 Å². The van der Waals surface area contributed by atoms with E-state index in [9.17, 15) is 4.79 Å². The Labute approximate surface area is 95.9 Å². The third-order valence-electron chi connectivity index (χ3n) is 3.10. The van der Waals surface area contributed by atoms with E-state index in [2.05, 4.69) is 4.98 Å². The molecular weight excluding hydrogens is 202 g/mol. The molecule has 1 aliphatic heterocycles. The second-order valence-electron chi connectivity index (χ2n) is 4.44. The molecule has 1 atom stereocenters. The molecule has 0 spiro atoms. The molecule has 1 aliphatic rings. The lowest BCUT2D eigenvalue weighted by molar-refractivity contribution is 0.187. The smallest absolute Gasteiger partial charge is 0.320 e. The van der Waals surface area contributed by atoms with Gasteiger partial charge in [-0.15, -0.1) is 0 Å². The highest BCUT2D eigenvalue weighted by molar-refractivity contribution is 5.77. The third-order valence-corrected chi connectivity index (χ3v) is 3.10. The summed E-state index contributed by atoms with van der Waals surface area (Å²) >= 11 is 0. The van der Waals surface area contributed by atoms with Gasteiger partial charge in [0.1, 0.15) is 0 Å². The summed E-state index contributed by atoms with van der Waals surface area (Å²) < 4.78 is 0. The second-order valence-corrected chi connectivity index (χ2v) is 4.44. The van der Waals surface area contributed by atoms with Crippen molar-refractivity contribution in [3.63, 3.8) is 0 Å². The molecule has 0 bridgehead atoms. The highest BCUT2D eigenvalue weighted by Gasteiger charge is 2.36. The van der Waals surface area contributed by atoms with Gasteiger partial charge in [-0.2, -0.15) is 0 Å². The molecule has 2 amide bonds. The number of hydrogen-bond acceptors (Lipinski definition) is 2. The Balaban J connectivity index is 2.23. The fourth-order valence-corrected chi connectivity index (χ4v) is 2.07. The average Bonchev–Trinajstić information content (AvgIpc) is 2.58. The zero-order valence-electron chi connectivity index (χ0n) is 9.92. The molecule has 4 nitrogen and oxygen atoms in total. The van der Waals surface area contributed by atoms with E-state index < -0.39 is 0 Å². The van der Waals surface area contributed by atoms with Gasteiger partial charge in [0, 0.05) is 32.0 Å². The largest absolute Gasteiger partial charge is 0.320 e. The van der Waals surface area contributed by atoms with Crippen molar-refractivity contribution in [2.45, 2.75) is 25.9 Å². The number of carbonyl (C=O) groups is 1. The standard InChI is InChI=1S/C12H17N3O/c1-9(2)15-8-11(14(3)12(15)16)10-4-6-13-7-5-10/h4-7,9,11H,8H2,1-3H3. The SMILES string of the molecule is CC(C)N1CC(c2ccncc2)N(C)C1=O. The molecule has 1 fully saturated rings. The molecule has 0 N–H and O–H groups in total. The first-order chi connectivity index (χ1) is 7.61. The second kappa shape index (κ2) is 4.12. The van der Waals surface area contributed by atoms with Crippen LogP contribution in [0.2, 0.25) is 0 Å². The number of pyridine rings is 1. The van der Waals surface area contributed by atoms with E-state index in [1.807, 2.05) is 37.9 Å². The quantitative estimate of drug-likeness (QED) is 0.761.